The first-order chi connectivity index (χ1) is 29.3. The molecule has 5 aromatic carbocycles. The van der Waals surface area contributed by atoms with Crippen LogP contribution < -0.4 is 25.4 Å². The molecule has 2 aliphatic rings. The average molecular weight is 979 g/mol. The van der Waals surface area contributed by atoms with Crippen LogP contribution in [-0.4, -0.2) is 44.5 Å². The normalized spacial score (nSPS) is 12.3. The van der Waals surface area contributed by atoms with Gasteiger partial charge in [-0.3, -0.25) is 0 Å². The molecule has 2 aliphatic heterocycles. The van der Waals surface area contributed by atoms with Crippen molar-refractivity contribution in [3.05, 3.63) is 169 Å². The molecule has 0 radical (unpaired) electrons. The molecule has 3 aromatic heterocycles. The fourth-order valence-corrected chi connectivity index (χ4v) is 12.4. The van der Waals surface area contributed by atoms with Crippen molar-refractivity contribution in [3.63, 3.8) is 0 Å². The molecule has 298 valence electrons. The molecule has 0 saturated carbocycles. The third-order valence-electron chi connectivity index (χ3n) is 9.26. The summed E-state index contributed by atoms with van der Waals surface area (Å²) < 4.78 is 18.6. The molecule has 1 N–H and O–H groups in total. The van der Waals surface area contributed by atoms with Crippen LogP contribution in [0.1, 0.15) is 19.6 Å². The van der Waals surface area contributed by atoms with E-state index in [9.17, 15) is 4.79 Å². The highest BCUT2D eigenvalue weighted by Gasteiger charge is 2.31. The van der Waals surface area contributed by atoms with Gasteiger partial charge in [-0.25, -0.2) is 14.8 Å². The quantitative estimate of drug-likeness (QED) is 0.101. The van der Waals surface area contributed by atoms with E-state index in [2.05, 4.69) is 98.2 Å². The second-order valence-electron chi connectivity index (χ2n) is 12.9. The molecule has 0 fully saturated rings. The molecule has 0 atom stereocenters. The Labute approximate surface area is 369 Å². The Kier molecular flexibility index (Phi) is 12.8. The van der Waals surface area contributed by atoms with E-state index in [0.717, 1.165) is 75.2 Å². The number of carbonyl (C=O) groups is 1. The highest BCUT2D eigenvalue weighted by molar-refractivity contribution is 9.10. The van der Waals surface area contributed by atoms with E-state index in [4.69, 9.17) is 25.6 Å². The van der Waals surface area contributed by atoms with Crippen molar-refractivity contribution in [3.8, 4) is 44.9 Å². The number of carboxylic acid groups (broad SMARTS) is 1. The van der Waals surface area contributed by atoms with Gasteiger partial charge in [0.2, 0.25) is 11.4 Å². The van der Waals surface area contributed by atoms with Crippen LogP contribution in [0.15, 0.2) is 152 Å². The number of nitrogens with zero attached hydrogens (tertiary/aromatic N) is 6. The number of ether oxygens (including phenoxy) is 2. The second-order valence-corrected chi connectivity index (χ2v) is 19.9. The molecule has 16 heteroatoms. The maximum absolute atomic E-state index is 11.0. The lowest BCUT2D eigenvalue weighted by molar-refractivity contribution is 0.0696. The molecule has 0 saturated heterocycles. The van der Waals surface area contributed by atoms with Gasteiger partial charge in [0.15, 0.2) is 5.01 Å². The van der Waals surface area contributed by atoms with Gasteiger partial charge in [-0.15, -0.1) is 37.8 Å². The van der Waals surface area contributed by atoms with Gasteiger partial charge in [-0.05, 0) is 36.4 Å². The number of rotatable bonds is 5. The largest absolute Gasteiger partial charge is 0.492 e. The molecule has 10 rings (SSSR count). The number of aromatic nitrogens is 4. The van der Waals surface area contributed by atoms with Crippen LogP contribution >= 0.6 is 61.6 Å². The summed E-state index contributed by atoms with van der Waals surface area (Å²) in [5.41, 5.74) is 3.54. The van der Waals surface area contributed by atoms with Crippen molar-refractivity contribution in [2.24, 2.45) is 4.85 Å². The molecule has 60 heavy (non-hydrogen) atoms. The highest BCUT2D eigenvalue weighted by Crippen LogP contribution is 2.47. The number of benzene rings is 5. The summed E-state index contributed by atoms with van der Waals surface area (Å²) in [6.45, 7) is 8.57. The van der Waals surface area contributed by atoms with E-state index < -0.39 is 13.0 Å². The fourth-order valence-electron chi connectivity index (χ4n) is 6.64. The van der Waals surface area contributed by atoms with Gasteiger partial charge in [-0.2, -0.15) is 6.57 Å². The van der Waals surface area contributed by atoms with Gasteiger partial charge in [0.1, 0.15) is 18.6 Å². The van der Waals surface area contributed by atoms with E-state index in [1.165, 1.54) is 22.6 Å². The molecular weight excluding hydrogens is 947 g/mol. The summed E-state index contributed by atoms with van der Waals surface area (Å²) in [6.07, 6.45) is 2.83. The Bertz CT molecular complexity index is 2770. The number of hydrogen-bond donors (Lipinski definition) is 1. The summed E-state index contributed by atoms with van der Waals surface area (Å²) in [6, 6.07) is 42.1. The lowest BCUT2D eigenvalue weighted by atomic mass is 10.1. The van der Waals surface area contributed by atoms with Crippen molar-refractivity contribution in [2.45, 2.75) is 12.8 Å². The Morgan fingerprint density at radius 2 is 1.22 bits per heavy atom. The summed E-state index contributed by atoms with van der Waals surface area (Å²) in [5.74, 6) is 1.07. The summed E-state index contributed by atoms with van der Waals surface area (Å²) in [4.78, 5) is 29.9. The summed E-state index contributed by atoms with van der Waals surface area (Å²) in [7, 11) is -2.28. The molecule has 0 aliphatic carbocycles. The van der Waals surface area contributed by atoms with Crippen molar-refractivity contribution < 1.29 is 23.8 Å². The van der Waals surface area contributed by atoms with Gasteiger partial charge >= 0.3 is 5.97 Å². The number of hydrogen-bond acceptors (Lipinski definition) is 11. The highest BCUT2D eigenvalue weighted by atomic mass is 79.9. The first-order valence-corrected chi connectivity index (χ1v) is 23.3. The van der Waals surface area contributed by atoms with E-state index in [1.807, 2.05) is 91.0 Å². The predicted octanol–water partition coefficient (Wildman–Crippen LogP) is 10.8. The van der Waals surface area contributed by atoms with Crippen LogP contribution in [0.4, 0.5) is 0 Å². The second kappa shape index (κ2) is 18.7. The smallest absolute Gasteiger partial charge is 0.365 e. The zero-order valence-corrected chi connectivity index (χ0v) is 37.0. The zero-order chi connectivity index (χ0) is 41.5. The maximum atomic E-state index is 11.0. The van der Waals surface area contributed by atoms with E-state index in [-0.39, 0.29) is 5.01 Å². The number of halogens is 2. The van der Waals surface area contributed by atoms with Crippen LogP contribution in [0.2, 0.25) is 0 Å². The standard InChI is InChI=1S/C19H15N2P.C13H8BrN3O2S.C12H8BrNO3S/c1-20-21-22(17-11-5-2-6-12-17,18-13-7-3-8-14-18)19-15-9-4-10-16-19;14-7-1-2-8-9(5-7)18-4-3-10-11(8)16-13(20-10)12-17-15-6-19-12;13-6-1-2-7-8(5-6)17-4-3-9-10(7)14-11(18-9)12(15)16/h2-16H;1-2,5-6H,3-4H2;1-2,5H,3-4H2,(H,15,16). The molecule has 5 heterocycles. The predicted molar refractivity (Wildman–Crippen MR) is 243 cm³/mol. The Morgan fingerprint density at radius 3 is 1.68 bits per heavy atom. The zero-order valence-electron chi connectivity index (χ0n) is 31.3. The lowest BCUT2D eigenvalue weighted by Gasteiger charge is -2.21. The maximum Gasteiger partial charge on any atom is 0.365 e. The van der Waals surface area contributed by atoms with E-state index >= 15 is 0 Å². The van der Waals surface area contributed by atoms with Crippen molar-refractivity contribution in [2.75, 3.05) is 13.2 Å². The molecule has 0 amide bonds. The molecule has 0 unspecified atom stereocenters. The minimum Gasteiger partial charge on any atom is -0.492 e. The molecule has 8 aromatic rings. The van der Waals surface area contributed by atoms with Crippen LogP contribution in [0, 0.1) is 6.57 Å². The van der Waals surface area contributed by atoms with Crippen LogP contribution in [-0.2, 0) is 12.8 Å². The summed E-state index contributed by atoms with van der Waals surface area (Å²) in [5, 5.41) is 20.8. The average Bonchev–Trinajstić information content (AvgIpc) is 4.02. The van der Waals surface area contributed by atoms with Crippen LogP contribution in [0.5, 0.6) is 11.5 Å². The summed E-state index contributed by atoms with van der Waals surface area (Å²) >= 11 is 9.65. The fraction of sp³-hybridized carbons (Fsp3) is 0.0909. The van der Waals surface area contributed by atoms with Crippen molar-refractivity contribution >= 4 is 83.5 Å². The van der Waals surface area contributed by atoms with Gasteiger partial charge in [0, 0.05) is 58.6 Å². The van der Waals surface area contributed by atoms with Crippen LogP contribution in [0.3, 0.4) is 0 Å². The van der Waals surface area contributed by atoms with E-state index in [1.54, 1.807) is 11.3 Å². The van der Waals surface area contributed by atoms with Gasteiger partial charge in [0.25, 0.3) is 5.89 Å². The number of fused-ring (bicyclic) bond motifs is 6. The van der Waals surface area contributed by atoms with Crippen molar-refractivity contribution in [1.82, 2.24) is 20.2 Å². The Hall–Kier alpha value is -5.75. The van der Waals surface area contributed by atoms with Gasteiger partial charge in [-0.1, -0.05) is 123 Å². The van der Waals surface area contributed by atoms with Gasteiger partial charge < -0.3 is 19.0 Å². The molecular formula is C44H31Br2N6O5PS2. The topological polar surface area (TPSA) is 137 Å². The molecule has 0 spiro atoms. The first kappa shape index (κ1) is 41.0. The Morgan fingerprint density at radius 1 is 0.717 bits per heavy atom. The number of carboxylic acids is 1. The number of aromatic carboxylic acids is 1. The third kappa shape index (κ3) is 8.75. The van der Waals surface area contributed by atoms with Crippen LogP contribution in [0.25, 0.3) is 38.4 Å². The minimum atomic E-state index is -2.28. The SMILES string of the molecule is Brc1ccc2c(c1)OCCc1sc(-c3nnco3)nc1-2.O=C(O)c1nc2c(s1)CCOc1cc(Br)ccc1-2.[C-]#[N+]N=P(c1ccccc1)(c1ccccc1)c1ccccc1. The van der Waals surface area contributed by atoms with Crippen molar-refractivity contribution in [1.29, 1.82) is 0 Å². The van der Waals surface area contributed by atoms with E-state index in [0.29, 0.717) is 25.5 Å². The minimum absolute atomic E-state index is 0.135. The third-order valence-corrected chi connectivity index (χ3v) is 15.9. The first-order valence-electron chi connectivity index (χ1n) is 18.3. The Balaban J connectivity index is 0.000000125. The number of thiazole rings is 2. The molecule has 0 bridgehead atoms. The molecule has 11 nitrogen and oxygen atoms in total. The monoisotopic (exact) mass is 976 g/mol. The van der Waals surface area contributed by atoms with Gasteiger partial charge in [0.05, 0.1) is 29.5 Å². The lowest BCUT2D eigenvalue weighted by Crippen LogP contribution is -2.24.